The minimum atomic E-state index is 0.656. The molecule has 0 radical (unpaired) electrons. The third-order valence-corrected chi connectivity index (χ3v) is 4.68. The van der Waals surface area contributed by atoms with Crippen LogP contribution >= 0.6 is 0 Å². The molecule has 2 rings (SSSR count). The van der Waals surface area contributed by atoms with Crippen molar-refractivity contribution in [1.29, 1.82) is 0 Å². The lowest BCUT2D eigenvalue weighted by atomic mass is 9.72. The molecule has 2 saturated carbocycles. The lowest BCUT2D eigenvalue weighted by Crippen LogP contribution is -2.40. The molecule has 88 valence electrons. The topological polar surface area (TPSA) is 12.0 Å². The number of hydrogen-bond donors (Lipinski definition) is 1. The van der Waals surface area contributed by atoms with Gasteiger partial charge in [0.05, 0.1) is 0 Å². The summed E-state index contributed by atoms with van der Waals surface area (Å²) in [5, 5.41) is 3.71. The van der Waals surface area contributed by atoms with Gasteiger partial charge < -0.3 is 5.32 Å². The highest BCUT2D eigenvalue weighted by Crippen LogP contribution is 2.50. The summed E-state index contributed by atoms with van der Waals surface area (Å²) in [6.07, 6.45) is 12.0. The molecule has 0 unspecified atom stereocenters. The quantitative estimate of drug-likeness (QED) is 0.744. The van der Waals surface area contributed by atoms with Gasteiger partial charge in [-0.05, 0) is 37.0 Å². The Kier molecular flexibility index (Phi) is 3.71. The van der Waals surface area contributed by atoms with Crippen LogP contribution in [0.15, 0.2) is 0 Å². The summed E-state index contributed by atoms with van der Waals surface area (Å²) in [5.41, 5.74) is 0.695. The Labute approximate surface area is 95.0 Å². The molecule has 0 amide bonds. The van der Waals surface area contributed by atoms with Crippen LogP contribution in [0, 0.1) is 11.3 Å². The molecule has 0 heterocycles. The monoisotopic (exact) mass is 209 g/mol. The minimum Gasteiger partial charge on any atom is -0.314 e. The van der Waals surface area contributed by atoms with E-state index in [1.807, 2.05) is 0 Å². The standard InChI is InChI=1S/C14H27N/c1-12(2)15-11-14(9-5-6-10-14)13-7-3-4-8-13/h12-13,15H,3-11H2,1-2H3. The van der Waals surface area contributed by atoms with Crippen molar-refractivity contribution in [3.63, 3.8) is 0 Å². The maximum absolute atomic E-state index is 3.71. The van der Waals surface area contributed by atoms with Gasteiger partial charge in [0.2, 0.25) is 0 Å². The molecule has 1 heteroatoms. The van der Waals surface area contributed by atoms with Crippen LogP contribution < -0.4 is 5.32 Å². The largest absolute Gasteiger partial charge is 0.314 e. The molecule has 2 aliphatic rings. The summed E-state index contributed by atoms with van der Waals surface area (Å²) >= 11 is 0. The molecule has 0 aromatic rings. The fraction of sp³-hybridized carbons (Fsp3) is 1.00. The van der Waals surface area contributed by atoms with Crippen molar-refractivity contribution in [3.05, 3.63) is 0 Å². The highest BCUT2D eigenvalue weighted by molar-refractivity contribution is 4.94. The molecule has 0 aliphatic heterocycles. The van der Waals surface area contributed by atoms with E-state index in [4.69, 9.17) is 0 Å². The molecule has 0 aromatic heterocycles. The van der Waals surface area contributed by atoms with Crippen LogP contribution in [0.25, 0.3) is 0 Å². The van der Waals surface area contributed by atoms with Gasteiger partial charge in [-0.1, -0.05) is 39.5 Å². The first kappa shape index (κ1) is 11.4. The average molecular weight is 209 g/mol. The predicted molar refractivity (Wildman–Crippen MR) is 66.0 cm³/mol. The van der Waals surface area contributed by atoms with Crippen LogP contribution in [0.4, 0.5) is 0 Å². The molecule has 0 aromatic carbocycles. The average Bonchev–Trinajstić information content (AvgIpc) is 2.86. The highest BCUT2D eigenvalue weighted by atomic mass is 14.9. The van der Waals surface area contributed by atoms with E-state index in [1.54, 1.807) is 0 Å². The maximum Gasteiger partial charge on any atom is 0.00128 e. The van der Waals surface area contributed by atoms with E-state index in [-0.39, 0.29) is 0 Å². The SMILES string of the molecule is CC(C)NCC1(C2CCCC2)CCCC1. The second kappa shape index (κ2) is 4.86. The second-order valence-electron chi connectivity index (χ2n) is 6.09. The van der Waals surface area contributed by atoms with E-state index in [9.17, 15) is 0 Å². The molecular weight excluding hydrogens is 182 g/mol. The van der Waals surface area contributed by atoms with Crippen molar-refractivity contribution in [1.82, 2.24) is 5.32 Å². The summed E-state index contributed by atoms with van der Waals surface area (Å²) in [7, 11) is 0. The van der Waals surface area contributed by atoms with Crippen LogP contribution in [0.1, 0.15) is 65.2 Å². The van der Waals surface area contributed by atoms with Gasteiger partial charge in [-0.15, -0.1) is 0 Å². The normalized spacial score (nSPS) is 26.6. The molecule has 1 N–H and O–H groups in total. The van der Waals surface area contributed by atoms with Crippen LogP contribution in [0.5, 0.6) is 0 Å². The summed E-state index contributed by atoms with van der Waals surface area (Å²) in [4.78, 5) is 0. The third kappa shape index (κ3) is 2.55. The molecule has 0 bridgehead atoms. The van der Waals surface area contributed by atoms with Gasteiger partial charge in [0, 0.05) is 12.6 Å². The van der Waals surface area contributed by atoms with Gasteiger partial charge in [0.1, 0.15) is 0 Å². The molecule has 2 aliphatic carbocycles. The molecule has 2 fully saturated rings. The first-order valence-corrected chi connectivity index (χ1v) is 6.96. The zero-order valence-corrected chi connectivity index (χ0v) is 10.5. The van der Waals surface area contributed by atoms with E-state index < -0.39 is 0 Å². The lowest BCUT2D eigenvalue weighted by Gasteiger charge is -2.36. The molecule has 0 saturated heterocycles. The molecule has 15 heavy (non-hydrogen) atoms. The van der Waals surface area contributed by atoms with Gasteiger partial charge in [-0.25, -0.2) is 0 Å². The first-order chi connectivity index (χ1) is 7.23. The van der Waals surface area contributed by atoms with E-state index in [2.05, 4.69) is 19.2 Å². The maximum atomic E-state index is 3.71. The summed E-state index contributed by atoms with van der Waals surface area (Å²) in [6.45, 7) is 5.84. The van der Waals surface area contributed by atoms with E-state index >= 15 is 0 Å². The Morgan fingerprint density at radius 3 is 2.20 bits per heavy atom. The van der Waals surface area contributed by atoms with Gasteiger partial charge in [0.15, 0.2) is 0 Å². The van der Waals surface area contributed by atoms with Crippen molar-refractivity contribution in [3.8, 4) is 0 Å². The van der Waals surface area contributed by atoms with Gasteiger partial charge in [0.25, 0.3) is 0 Å². The van der Waals surface area contributed by atoms with Gasteiger partial charge >= 0.3 is 0 Å². The number of nitrogens with one attached hydrogen (secondary N) is 1. The zero-order valence-electron chi connectivity index (χ0n) is 10.5. The van der Waals surface area contributed by atoms with Crippen LogP contribution in [-0.4, -0.2) is 12.6 Å². The summed E-state index contributed by atoms with van der Waals surface area (Å²) in [6, 6.07) is 0.656. The summed E-state index contributed by atoms with van der Waals surface area (Å²) < 4.78 is 0. The zero-order chi connectivity index (χ0) is 10.7. The smallest absolute Gasteiger partial charge is 0.00128 e. The fourth-order valence-electron chi connectivity index (χ4n) is 3.75. The van der Waals surface area contributed by atoms with Crippen molar-refractivity contribution in [2.75, 3.05) is 6.54 Å². The third-order valence-electron chi connectivity index (χ3n) is 4.68. The van der Waals surface area contributed by atoms with E-state index in [1.165, 1.54) is 57.9 Å². The van der Waals surface area contributed by atoms with Gasteiger partial charge in [-0.3, -0.25) is 0 Å². The van der Waals surface area contributed by atoms with Crippen LogP contribution in [-0.2, 0) is 0 Å². The van der Waals surface area contributed by atoms with E-state index in [0.29, 0.717) is 11.5 Å². The van der Waals surface area contributed by atoms with Crippen LogP contribution in [0.3, 0.4) is 0 Å². The minimum absolute atomic E-state index is 0.656. The number of rotatable bonds is 4. The highest BCUT2D eigenvalue weighted by Gasteiger charge is 2.41. The van der Waals surface area contributed by atoms with Crippen LogP contribution in [0.2, 0.25) is 0 Å². The molecule has 0 spiro atoms. The first-order valence-electron chi connectivity index (χ1n) is 6.96. The Hall–Kier alpha value is -0.0400. The summed E-state index contributed by atoms with van der Waals surface area (Å²) in [5.74, 6) is 1.05. The fourth-order valence-corrected chi connectivity index (χ4v) is 3.75. The van der Waals surface area contributed by atoms with Crippen molar-refractivity contribution in [2.45, 2.75) is 71.3 Å². The van der Waals surface area contributed by atoms with Crippen molar-refractivity contribution in [2.24, 2.45) is 11.3 Å². The Morgan fingerprint density at radius 1 is 1.07 bits per heavy atom. The lowest BCUT2D eigenvalue weighted by molar-refractivity contribution is 0.159. The molecule has 0 atom stereocenters. The Morgan fingerprint density at radius 2 is 1.67 bits per heavy atom. The second-order valence-corrected chi connectivity index (χ2v) is 6.09. The predicted octanol–water partition coefficient (Wildman–Crippen LogP) is 3.74. The molecular formula is C14H27N. The van der Waals surface area contributed by atoms with Crippen molar-refractivity contribution >= 4 is 0 Å². The van der Waals surface area contributed by atoms with E-state index in [0.717, 1.165) is 5.92 Å². The van der Waals surface area contributed by atoms with Crippen molar-refractivity contribution < 1.29 is 0 Å². The molecule has 1 nitrogen and oxygen atoms in total. The Balaban J connectivity index is 1.96. The number of hydrogen-bond acceptors (Lipinski definition) is 1. The van der Waals surface area contributed by atoms with Gasteiger partial charge in [-0.2, -0.15) is 0 Å². The Bertz CT molecular complexity index is 186.